The van der Waals surface area contributed by atoms with Crippen molar-refractivity contribution in [1.29, 1.82) is 0 Å². The lowest BCUT2D eigenvalue weighted by atomic mass is 10.0. The summed E-state index contributed by atoms with van der Waals surface area (Å²) in [6, 6.07) is 17.1. The van der Waals surface area contributed by atoms with Gasteiger partial charge in [-0.1, -0.05) is 60.7 Å². The molecule has 2 aromatic carbocycles. The van der Waals surface area contributed by atoms with Gasteiger partial charge in [-0.25, -0.2) is 4.79 Å². The second kappa shape index (κ2) is 12.4. The maximum Gasteiger partial charge on any atom is 0.326 e. The van der Waals surface area contributed by atoms with Crippen LogP contribution < -0.4 is 5.32 Å². The van der Waals surface area contributed by atoms with E-state index in [1.807, 2.05) is 60.7 Å². The number of carboxylic acid groups (broad SMARTS) is 1. The van der Waals surface area contributed by atoms with Gasteiger partial charge < -0.3 is 20.2 Å². The lowest BCUT2D eigenvalue weighted by molar-refractivity contribution is -0.152. The topological polar surface area (TPSA) is 90.0 Å². The molecule has 178 valence electrons. The van der Waals surface area contributed by atoms with Gasteiger partial charge in [-0.3, -0.25) is 9.59 Å². The van der Waals surface area contributed by atoms with Crippen LogP contribution in [0.4, 0.5) is 0 Å². The van der Waals surface area contributed by atoms with Gasteiger partial charge in [-0.15, -0.1) is 12.4 Å². The van der Waals surface area contributed by atoms with E-state index >= 15 is 0 Å². The molecule has 1 aliphatic rings. The van der Waals surface area contributed by atoms with Gasteiger partial charge in [0.25, 0.3) is 0 Å². The van der Waals surface area contributed by atoms with Crippen LogP contribution >= 0.6 is 12.4 Å². The van der Waals surface area contributed by atoms with Gasteiger partial charge in [0.15, 0.2) is 0 Å². The largest absolute Gasteiger partial charge is 0.480 e. The van der Waals surface area contributed by atoms with Crippen LogP contribution in [0.1, 0.15) is 24.0 Å². The Hall–Kier alpha value is -2.90. The van der Waals surface area contributed by atoms with Gasteiger partial charge >= 0.3 is 5.97 Å². The van der Waals surface area contributed by atoms with Crippen molar-refractivity contribution in [3.8, 4) is 0 Å². The highest BCUT2D eigenvalue weighted by molar-refractivity contribution is 5.92. The quantitative estimate of drug-likeness (QED) is 0.583. The summed E-state index contributed by atoms with van der Waals surface area (Å²) in [5, 5.41) is 12.6. The SMILES string of the molecule is CN[C@@H](Cc1ccccc1)C(=O)N(C)[C@@H](Cc1ccccc1)C(=O)N1CCC[C@H]1C(=O)O.Cl. The number of halogens is 1. The average Bonchev–Trinajstić information content (AvgIpc) is 3.31. The molecule has 1 saturated heterocycles. The summed E-state index contributed by atoms with van der Waals surface area (Å²) in [7, 11) is 3.36. The Balaban J connectivity index is 0.00000385. The van der Waals surface area contributed by atoms with Crippen LogP contribution in [-0.2, 0) is 27.2 Å². The van der Waals surface area contributed by atoms with E-state index in [1.54, 1.807) is 14.1 Å². The molecule has 1 fully saturated rings. The van der Waals surface area contributed by atoms with Crippen molar-refractivity contribution < 1.29 is 19.5 Å². The number of benzene rings is 2. The fourth-order valence-electron chi connectivity index (χ4n) is 4.27. The third-order valence-corrected chi connectivity index (χ3v) is 6.12. The first-order valence-corrected chi connectivity index (χ1v) is 11.0. The number of likely N-dealkylation sites (tertiary alicyclic amines) is 1. The molecule has 7 nitrogen and oxygen atoms in total. The van der Waals surface area contributed by atoms with Crippen LogP contribution in [0, 0.1) is 0 Å². The number of nitrogens with zero attached hydrogens (tertiary/aromatic N) is 2. The van der Waals surface area contributed by atoms with Crippen molar-refractivity contribution in [1.82, 2.24) is 15.1 Å². The molecule has 0 aliphatic carbocycles. The summed E-state index contributed by atoms with van der Waals surface area (Å²) in [6.45, 7) is 0.391. The third kappa shape index (κ3) is 6.55. The number of hydrogen-bond donors (Lipinski definition) is 2. The van der Waals surface area contributed by atoms with E-state index in [2.05, 4.69) is 5.32 Å². The minimum Gasteiger partial charge on any atom is -0.480 e. The summed E-state index contributed by atoms with van der Waals surface area (Å²) in [4.78, 5) is 41.5. The minimum atomic E-state index is -1.000. The van der Waals surface area contributed by atoms with Gasteiger partial charge in [0.1, 0.15) is 12.1 Å². The molecule has 3 rings (SSSR count). The lowest BCUT2D eigenvalue weighted by Gasteiger charge is -2.34. The number of rotatable bonds is 9. The van der Waals surface area contributed by atoms with Crippen LogP contribution in [0.3, 0.4) is 0 Å². The molecule has 2 amide bonds. The van der Waals surface area contributed by atoms with E-state index < -0.39 is 24.1 Å². The first kappa shape index (κ1) is 26.4. The molecule has 0 unspecified atom stereocenters. The zero-order chi connectivity index (χ0) is 23.1. The lowest BCUT2D eigenvalue weighted by Crippen LogP contribution is -2.56. The summed E-state index contributed by atoms with van der Waals surface area (Å²) in [5.74, 6) is -1.51. The Morgan fingerprint density at radius 1 is 1.03 bits per heavy atom. The van der Waals surface area contributed by atoms with Crippen LogP contribution in [0.2, 0.25) is 0 Å². The second-order valence-corrected chi connectivity index (χ2v) is 8.21. The normalized spacial score (nSPS) is 17.0. The minimum absolute atomic E-state index is 0. The Labute approximate surface area is 201 Å². The van der Waals surface area contributed by atoms with E-state index in [9.17, 15) is 19.5 Å². The van der Waals surface area contributed by atoms with Crippen molar-refractivity contribution in [2.45, 2.75) is 43.8 Å². The number of carbonyl (C=O) groups is 3. The third-order valence-electron chi connectivity index (χ3n) is 6.12. The van der Waals surface area contributed by atoms with Crippen molar-refractivity contribution >= 4 is 30.2 Å². The zero-order valence-electron chi connectivity index (χ0n) is 19.0. The molecule has 33 heavy (non-hydrogen) atoms. The second-order valence-electron chi connectivity index (χ2n) is 8.21. The summed E-state index contributed by atoms with van der Waals surface area (Å²) < 4.78 is 0. The molecule has 0 spiro atoms. The highest BCUT2D eigenvalue weighted by Gasteiger charge is 2.40. The highest BCUT2D eigenvalue weighted by Crippen LogP contribution is 2.22. The van der Waals surface area contributed by atoms with E-state index in [4.69, 9.17) is 0 Å². The van der Waals surface area contributed by atoms with Crippen molar-refractivity contribution in [3.63, 3.8) is 0 Å². The molecule has 0 aromatic heterocycles. The first-order valence-electron chi connectivity index (χ1n) is 11.0. The van der Waals surface area contributed by atoms with E-state index in [1.165, 1.54) is 9.80 Å². The smallest absolute Gasteiger partial charge is 0.326 e. The number of likely N-dealkylation sites (N-methyl/N-ethyl adjacent to an activating group) is 2. The molecule has 2 aromatic rings. The Kier molecular flexibility index (Phi) is 9.88. The molecule has 0 saturated carbocycles. The Morgan fingerprint density at radius 3 is 2.09 bits per heavy atom. The summed E-state index contributed by atoms with van der Waals surface area (Å²) in [5.41, 5.74) is 1.94. The molecule has 1 aliphatic heterocycles. The molecule has 0 bridgehead atoms. The molecule has 1 heterocycles. The van der Waals surface area contributed by atoms with Gasteiger partial charge in [0, 0.05) is 20.0 Å². The molecular weight excluding hydrogens is 442 g/mol. The monoisotopic (exact) mass is 473 g/mol. The fourth-order valence-corrected chi connectivity index (χ4v) is 4.27. The van der Waals surface area contributed by atoms with Gasteiger partial charge in [-0.2, -0.15) is 0 Å². The van der Waals surface area contributed by atoms with Crippen LogP contribution in [0.25, 0.3) is 0 Å². The predicted molar refractivity (Wildman–Crippen MR) is 129 cm³/mol. The fraction of sp³-hybridized carbons (Fsp3) is 0.400. The van der Waals surface area contributed by atoms with Gasteiger partial charge in [0.2, 0.25) is 11.8 Å². The van der Waals surface area contributed by atoms with E-state index in [0.717, 1.165) is 11.1 Å². The van der Waals surface area contributed by atoms with Crippen LogP contribution in [0.15, 0.2) is 60.7 Å². The maximum atomic E-state index is 13.5. The maximum absolute atomic E-state index is 13.5. The Morgan fingerprint density at radius 2 is 1.58 bits per heavy atom. The highest BCUT2D eigenvalue weighted by atomic mass is 35.5. The summed E-state index contributed by atoms with van der Waals surface area (Å²) in [6.07, 6.45) is 1.90. The molecule has 0 radical (unpaired) electrons. The van der Waals surface area contributed by atoms with Crippen molar-refractivity contribution in [2.24, 2.45) is 0 Å². The number of carbonyl (C=O) groups excluding carboxylic acids is 2. The van der Waals surface area contributed by atoms with Gasteiger partial charge in [-0.05, 0) is 37.4 Å². The predicted octanol–water partition coefficient (Wildman–Crippen LogP) is 2.38. The molecule has 3 atom stereocenters. The van der Waals surface area contributed by atoms with Gasteiger partial charge in [0.05, 0.1) is 6.04 Å². The van der Waals surface area contributed by atoms with Crippen molar-refractivity contribution in [2.75, 3.05) is 20.6 Å². The number of carboxylic acids is 1. The van der Waals surface area contributed by atoms with Crippen LogP contribution in [0.5, 0.6) is 0 Å². The Bertz CT molecular complexity index is 926. The van der Waals surface area contributed by atoms with E-state index in [-0.39, 0.29) is 24.2 Å². The standard InChI is InChI=1S/C25H31N3O4.ClH/c1-26-20(16-18-10-5-3-6-11-18)23(29)27(2)22(17-19-12-7-4-8-13-19)24(30)28-15-9-14-21(28)25(31)32;/h3-8,10-13,20-22,26H,9,14-17H2,1-2H3,(H,31,32);1H/t20-,21-,22-;/m0./s1. The summed E-state index contributed by atoms with van der Waals surface area (Å²) >= 11 is 0. The number of hydrogen-bond acceptors (Lipinski definition) is 4. The molecule has 2 N–H and O–H groups in total. The molecule has 8 heteroatoms. The van der Waals surface area contributed by atoms with Crippen molar-refractivity contribution in [3.05, 3.63) is 71.8 Å². The zero-order valence-corrected chi connectivity index (χ0v) is 19.8. The number of amides is 2. The molecular formula is C25H32ClN3O4. The average molecular weight is 474 g/mol. The van der Waals surface area contributed by atoms with E-state index in [0.29, 0.717) is 32.2 Å². The first-order chi connectivity index (χ1) is 15.4. The van der Waals surface area contributed by atoms with Crippen LogP contribution in [-0.4, -0.2) is 71.5 Å². The number of nitrogens with one attached hydrogen (secondary N) is 1. The number of aliphatic carboxylic acids is 1.